The molecule has 0 aliphatic heterocycles. The van der Waals surface area contributed by atoms with E-state index in [1.165, 1.54) is 23.6 Å². The van der Waals surface area contributed by atoms with Crippen molar-refractivity contribution in [2.24, 2.45) is 0 Å². The molecule has 2 aromatic heterocycles. The number of non-ortho nitro benzene ring substituents is 1. The quantitative estimate of drug-likeness (QED) is 0.503. The molecule has 0 bridgehead atoms. The lowest BCUT2D eigenvalue weighted by Gasteiger charge is -1.95. The number of nitro benzene ring substituents is 1. The van der Waals surface area contributed by atoms with Crippen LogP contribution in [0.4, 0.5) is 5.69 Å². The minimum Gasteiger partial charge on any atom is -0.258 e. The Morgan fingerprint density at radius 3 is 2.89 bits per heavy atom. The molecule has 0 fully saturated rings. The summed E-state index contributed by atoms with van der Waals surface area (Å²) in [4.78, 5) is 14.8. The van der Waals surface area contributed by atoms with Gasteiger partial charge in [-0.05, 0) is 0 Å². The van der Waals surface area contributed by atoms with Gasteiger partial charge in [0.2, 0.25) is 0 Å². The van der Waals surface area contributed by atoms with Crippen molar-refractivity contribution in [1.82, 2.24) is 4.98 Å². The number of nitrogens with zero attached hydrogens (tertiary/aromatic N) is 3. The molecule has 5 nitrogen and oxygen atoms in total. The SMILES string of the molecule is N#Cc1cnc2c(sc3c([N+](=O)[O-])cccc32)c1Cl. The first-order chi connectivity index (χ1) is 9.13. The lowest BCUT2D eigenvalue weighted by atomic mass is 10.2. The van der Waals surface area contributed by atoms with Crippen LogP contribution in [0.1, 0.15) is 5.56 Å². The fourth-order valence-corrected chi connectivity index (χ4v) is 3.38. The van der Waals surface area contributed by atoms with E-state index in [-0.39, 0.29) is 11.3 Å². The van der Waals surface area contributed by atoms with E-state index >= 15 is 0 Å². The molecule has 0 saturated carbocycles. The molecule has 0 amide bonds. The number of aromatic nitrogens is 1. The van der Waals surface area contributed by atoms with Gasteiger partial charge in [0.25, 0.3) is 5.69 Å². The lowest BCUT2D eigenvalue weighted by Crippen LogP contribution is -1.86. The molecule has 0 aliphatic rings. The molecule has 0 spiro atoms. The molecular weight excluding hydrogens is 286 g/mol. The van der Waals surface area contributed by atoms with Crippen LogP contribution in [0.3, 0.4) is 0 Å². The zero-order chi connectivity index (χ0) is 13.6. The highest BCUT2D eigenvalue weighted by molar-refractivity contribution is 7.26. The smallest absolute Gasteiger partial charge is 0.258 e. The Hall–Kier alpha value is -2.23. The van der Waals surface area contributed by atoms with Crippen LogP contribution in [-0.2, 0) is 0 Å². The zero-order valence-electron chi connectivity index (χ0n) is 9.25. The minimum atomic E-state index is -0.434. The van der Waals surface area contributed by atoms with E-state index in [0.717, 1.165) is 0 Å². The molecule has 0 aliphatic carbocycles. The number of hydrogen-bond donors (Lipinski definition) is 0. The van der Waals surface area contributed by atoms with Crippen molar-refractivity contribution in [3.8, 4) is 6.07 Å². The number of thiophene rings is 1. The van der Waals surface area contributed by atoms with Crippen molar-refractivity contribution in [2.75, 3.05) is 0 Å². The Balaban J connectivity index is 2.52. The topological polar surface area (TPSA) is 79.8 Å². The van der Waals surface area contributed by atoms with E-state index in [9.17, 15) is 10.1 Å². The average Bonchev–Trinajstić information content (AvgIpc) is 2.78. The monoisotopic (exact) mass is 289 g/mol. The van der Waals surface area contributed by atoms with Gasteiger partial charge in [-0.1, -0.05) is 23.7 Å². The van der Waals surface area contributed by atoms with Crippen molar-refractivity contribution >= 4 is 48.9 Å². The highest BCUT2D eigenvalue weighted by Crippen LogP contribution is 2.41. The van der Waals surface area contributed by atoms with Crippen LogP contribution < -0.4 is 0 Å². The van der Waals surface area contributed by atoms with Crippen molar-refractivity contribution in [3.63, 3.8) is 0 Å². The molecule has 7 heteroatoms. The summed E-state index contributed by atoms with van der Waals surface area (Å²) in [5, 5.41) is 20.9. The first-order valence-electron chi connectivity index (χ1n) is 5.17. The second-order valence-corrected chi connectivity index (χ2v) is 5.19. The van der Waals surface area contributed by atoms with Crippen LogP contribution in [-0.4, -0.2) is 9.91 Å². The van der Waals surface area contributed by atoms with Crippen LogP contribution in [0.5, 0.6) is 0 Å². The van der Waals surface area contributed by atoms with E-state index in [1.54, 1.807) is 12.1 Å². The highest BCUT2D eigenvalue weighted by Gasteiger charge is 2.19. The number of nitriles is 1. The molecule has 0 N–H and O–H groups in total. The third kappa shape index (κ3) is 1.63. The predicted molar refractivity (Wildman–Crippen MR) is 73.5 cm³/mol. The summed E-state index contributed by atoms with van der Waals surface area (Å²) >= 11 is 7.31. The third-order valence-corrected chi connectivity index (χ3v) is 4.48. The molecule has 0 atom stereocenters. The van der Waals surface area contributed by atoms with Gasteiger partial charge in [-0.3, -0.25) is 15.1 Å². The van der Waals surface area contributed by atoms with Crippen LogP contribution in [0.25, 0.3) is 20.3 Å². The largest absolute Gasteiger partial charge is 0.287 e. The molecule has 19 heavy (non-hydrogen) atoms. The maximum absolute atomic E-state index is 11.0. The van der Waals surface area contributed by atoms with Gasteiger partial charge < -0.3 is 0 Å². The summed E-state index contributed by atoms with van der Waals surface area (Å²) in [6, 6.07) is 6.76. The summed E-state index contributed by atoms with van der Waals surface area (Å²) in [5.41, 5.74) is 0.881. The lowest BCUT2D eigenvalue weighted by molar-refractivity contribution is -0.382. The Labute approximate surface area is 115 Å². The number of benzene rings is 1. The molecule has 2 heterocycles. The van der Waals surface area contributed by atoms with E-state index in [4.69, 9.17) is 16.9 Å². The maximum Gasteiger partial charge on any atom is 0.287 e. The Kier molecular flexibility index (Phi) is 2.59. The van der Waals surface area contributed by atoms with Crippen LogP contribution in [0.2, 0.25) is 5.02 Å². The summed E-state index contributed by atoms with van der Waals surface area (Å²) in [5.74, 6) is 0. The third-order valence-electron chi connectivity index (χ3n) is 2.74. The fourth-order valence-electron chi connectivity index (χ4n) is 1.90. The highest BCUT2D eigenvalue weighted by atomic mass is 35.5. The van der Waals surface area contributed by atoms with Gasteiger partial charge in [-0.2, -0.15) is 5.26 Å². The van der Waals surface area contributed by atoms with E-state index in [0.29, 0.717) is 25.3 Å². The summed E-state index contributed by atoms with van der Waals surface area (Å²) in [6.45, 7) is 0. The van der Waals surface area contributed by atoms with Gasteiger partial charge in [0.15, 0.2) is 0 Å². The van der Waals surface area contributed by atoms with Crippen LogP contribution in [0.15, 0.2) is 24.4 Å². The molecule has 0 unspecified atom stereocenters. The van der Waals surface area contributed by atoms with Crippen molar-refractivity contribution in [2.45, 2.75) is 0 Å². The van der Waals surface area contributed by atoms with Gasteiger partial charge in [0.1, 0.15) is 10.8 Å². The Morgan fingerprint density at radius 2 is 2.21 bits per heavy atom. The molecule has 1 aromatic carbocycles. The summed E-state index contributed by atoms with van der Waals surface area (Å²) in [7, 11) is 0. The minimum absolute atomic E-state index is 0.0232. The standard InChI is InChI=1S/C12H4ClN3O2S/c13-9-6(4-14)5-15-10-7-2-1-3-8(16(17)18)11(7)19-12(9)10/h1-3,5H. The molecule has 0 radical (unpaired) electrons. The summed E-state index contributed by atoms with van der Waals surface area (Å²) < 4.78 is 1.12. The van der Waals surface area contributed by atoms with E-state index < -0.39 is 4.92 Å². The first-order valence-corrected chi connectivity index (χ1v) is 6.37. The van der Waals surface area contributed by atoms with E-state index in [1.807, 2.05) is 6.07 Å². The second-order valence-electron chi connectivity index (χ2n) is 3.79. The van der Waals surface area contributed by atoms with Gasteiger partial charge in [-0.25, -0.2) is 0 Å². The number of halogens is 1. The van der Waals surface area contributed by atoms with Gasteiger partial charge in [0.05, 0.1) is 25.7 Å². The van der Waals surface area contributed by atoms with Crippen molar-refractivity contribution in [1.29, 1.82) is 5.26 Å². The van der Waals surface area contributed by atoms with Crippen molar-refractivity contribution < 1.29 is 4.92 Å². The molecule has 3 aromatic rings. The van der Waals surface area contributed by atoms with Gasteiger partial charge >= 0.3 is 0 Å². The number of rotatable bonds is 1. The Bertz CT molecular complexity index is 882. The summed E-state index contributed by atoms with van der Waals surface area (Å²) in [6.07, 6.45) is 1.38. The second kappa shape index (κ2) is 4.16. The molecule has 3 rings (SSSR count). The predicted octanol–water partition coefficient (Wildman–Crippen LogP) is 3.88. The fraction of sp³-hybridized carbons (Fsp3) is 0. The normalized spacial score (nSPS) is 10.7. The molecular formula is C12H4ClN3O2S. The first kappa shape index (κ1) is 11.8. The molecule has 0 saturated heterocycles. The number of nitro groups is 1. The van der Waals surface area contributed by atoms with Crippen LogP contribution >= 0.6 is 22.9 Å². The molecule has 92 valence electrons. The number of hydrogen-bond acceptors (Lipinski definition) is 5. The number of fused-ring (bicyclic) bond motifs is 3. The zero-order valence-corrected chi connectivity index (χ0v) is 10.8. The van der Waals surface area contributed by atoms with Gasteiger partial charge in [-0.15, -0.1) is 11.3 Å². The average molecular weight is 290 g/mol. The van der Waals surface area contributed by atoms with Crippen LogP contribution in [0, 0.1) is 21.4 Å². The Morgan fingerprint density at radius 1 is 1.42 bits per heavy atom. The van der Waals surface area contributed by atoms with Gasteiger partial charge in [0, 0.05) is 17.6 Å². The maximum atomic E-state index is 11.0. The van der Waals surface area contributed by atoms with E-state index in [2.05, 4.69) is 4.98 Å². The number of pyridine rings is 1. The van der Waals surface area contributed by atoms with Crippen molar-refractivity contribution in [3.05, 3.63) is 45.1 Å².